The topological polar surface area (TPSA) is 58.6 Å². The SMILES string of the molecule is CCOc1ccccc1NCN1C(=O)CCC1=O. The van der Waals surface area contributed by atoms with Crippen molar-refractivity contribution in [3.63, 3.8) is 0 Å². The average Bonchev–Trinajstić information content (AvgIpc) is 2.69. The number of nitrogens with one attached hydrogen (secondary N) is 1. The smallest absolute Gasteiger partial charge is 0.231 e. The van der Waals surface area contributed by atoms with Gasteiger partial charge in [0.25, 0.3) is 0 Å². The quantitative estimate of drug-likeness (QED) is 0.804. The molecule has 1 aromatic rings. The molecule has 1 N–H and O–H groups in total. The summed E-state index contributed by atoms with van der Waals surface area (Å²) in [6, 6.07) is 7.45. The molecule has 1 aliphatic rings. The number of anilines is 1. The predicted molar refractivity (Wildman–Crippen MR) is 67.2 cm³/mol. The first-order chi connectivity index (χ1) is 8.72. The molecule has 0 aliphatic carbocycles. The Labute approximate surface area is 106 Å². The molecule has 0 aromatic heterocycles. The first-order valence-corrected chi connectivity index (χ1v) is 6.01. The summed E-state index contributed by atoms with van der Waals surface area (Å²) in [5.41, 5.74) is 0.784. The molecule has 0 saturated carbocycles. The molecule has 2 amide bonds. The van der Waals surface area contributed by atoms with Gasteiger partial charge >= 0.3 is 0 Å². The number of carbonyl (C=O) groups is 2. The number of rotatable bonds is 5. The summed E-state index contributed by atoms with van der Waals surface area (Å²) in [4.78, 5) is 24.1. The van der Waals surface area contributed by atoms with Gasteiger partial charge in [-0.2, -0.15) is 0 Å². The largest absolute Gasteiger partial charge is 0.492 e. The standard InChI is InChI=1S/C13H16N2O3/c1-2-18-11-6-4-3-5-10(11)14-9-15-12(16)7-8-13(15)17/h3-6,14H,2,7-9H2,1H3. The van der Waals surface area contributed by atoms with E-state index in [2.05, 4.69) is 5.32 Å². The Hall–Kier alpha value is -2.04. The van der Waals surface area contributed by atoms with Crippen molar-refractivity contribution in [2.45, 2.75) is 19.8 Å². The molecule has 0 bridgehead atoms. The molecule has 5 nitrogen and oxygen atoms in total. The van der Waals surface area contributed by atoms with E-state index in [1.165, 1.54) is 4.90 Å². The number of likely N-dealkylation sites (tertiary alicyclic amines) is 1. The van der Waals surface area contributed by atoms with Gasteiger partial charge in [-0.3, -0.25) is 14.5 Å². The van der Waals surface area contributed by atoms with Crippen molar-refractivity contribution in [2.24, 2.45) is 0 Å². The highest BCUT2D eigenvalue weighted by atomic mass is 16.5. The van der Waals surface area contributed by atoms with Crippen LogP contribution in [0.5, 0.6) is 5.75 Å². The number of carbonyl (C=O) groups excluding carboxylic acids is 2. The summed E-state index contributed by atoms with van der Waals surface area (Å²) in [5.74, 6) is 0.474. The van der Waals surface area contributed by atoms with E-state index >= 15 is 0 Å². The van der Waals surface area contributed by atoms with E-state index in [-0.39, 0.29) is 18.5 Å². The lowest BCUT2D eigenvalue weighted by Crippen LogP contribution is -2.33. The summed E-state index contributed by atoms with van der Waals surface area (Å²) >= 11 is 0. The highest BCUT2D eigenvalue weighted by molar-refractivity contribution is 6.02. The second kappa shape index (κ2) is 5.53. The maximum Gasteiger partial charge on any atom is 0.231 e. The number of nitrogens with zero attached hydrogens (tertiary/aromatic N) is 1. The second-order valence-electron chi connectivity index (χ2n) is 3.98. The van der Waals surface area contributed by atoms with Gasteiger partial charge in [-0.25, -0.2) is 0 Å². The fourth-order valence-electron chi connectivity index (χ4n) is 1.86. The Morgan fingerprint density at radius 3 is 2.56 bits per heavy atom. The molecule has 0 atom stereocenters. The van der Waals surface area contributed by atoms with Gasteiger partial charge in [0.15, 0.2) is 0 Å². The highest BCUT2D eigenvalue weighted by Gasteiger charge is 2.28. The molecule has 1 heterocycles. The van der Waals surface area contributed by atoms with Crippen LogP contribution in [-0.2, 0) is 9.59 Å². The molecule has 0 unspecified atom stereocenters. The van der Waals surface area contributed by atoms with Gasteiger partial charge in [-0.1, -0.05) is 12.1 Å². The van der Waals surface area contributed by atoms with Crippen LogP contribution < -0.4 is 10.1 Å². The molecule has 0 radical (unpaired) electrons. The van der Waals surface area contributed by atoms with Crippen molar-refractivity contribution < 1.29 is 14.3 Å². The average molecular weight is 248 g/mol. The van der Waals surface area contributed by atoms with E-state index < -0.39 is 0 Å². The van der Waals surface area contributed by atoms with Crippen molar-refractivity contribution >= 4 is 17.5 Å². The molecule has 2 rings (SSSR count). The molecular weight excluding hydrogens is 232 g/mol. The third-order valence-electron chi connectivity index (χ3n) is 2.77. The van der Waals surface area contributed by atoms with Crippen LogP contribution in [0.3, 0.4) is 0 Å². The van der Waals surface area contributed by atoms with Gasteiger partial charge in [0.05, 0.1) is 19.0 Å². The fraction of sp³-hybridized carbons (Fsp3) is 0.385. The van der Waals surface area contributed by atoms with Crippen LogP contribution in [0.4, 0.5) is 5.69 Å². The molecule has 96 valence electrons. The van der Waals surface area contributed by atoms with Crippen LogP contribution in [0.2, 0.25) is 0 Å². The van der Waals surface area contributed by atoms with E-state index in [0.29, 0.717) is 19.4 Å². The molecule has 18 heavy (non-hydrogen) atoms. The number of para-hydroxylation sites is 2. The lowest BCUT2D eigenvalue weighted by Gasteiger charge is -2.17. The molecular formula is C13H16N2O3. The summed E-state index contributed by atoms with van der Waals surface area (Å²) < 4.78 is 5.45. The Bertz CT molecular complexity index is 443. The van der Waals surface area contributed by atoms with E-state index in [9.17, 15) is 9.59 Å². The van der Waals surface area contributed by atoms with Gasteiger partial charge in [0.1, 0.15) is 5.75 Å². The van der Waals surface area contributed by atoms with Crippen LogP contribution in [-0.4, -0.2) is 30.0 Å². The van der Waals surface area contributed by atoms with Crippen LogP contribution in [0.1, 0.15) is 19.8 Å². The van der Waals surface area contributed by atoms with Gasteiger partial charge in [0, 0.05) is 12.8 Å². The van der Waals surface area contributed by atoms with Crippen LogP contribution in [0.25, 0.3) is 0 Å². The Morgan fingerprint density at radius 1 is 1.22 bits per heavy atom. The number of hydrogen-bond donors (Lipinski definition) is 1. The van der Waals surface area contributed by atoms with Gasteiger partial charge in [0.2, 0.25) is 11.8 Å². The third-order valence-corrected chi connectivity index (χ3v) is 2.77. The highest BCUT2D eigenvalue weighted by Crippen LogP contribution is 2.24. The molecule has 1 aromatic carbocycles. The third kappa shape index (κ3) is 2.61. The number of ether oxygens (including phenoxy) is 1. The van der Waals surface area contributed by atoms with E-state index in [0.717, 1.165) is 11.4 Å². The molecule has 5 heteroatoms. The minimum absolute atomic E-state index is 0.124. The van der Waals surface area contributed by atoms with E-state index in [4.69, 9.17) is 4.74 Å². The van der Waals surface area contributed by atoms with Crippen molar-refractivity contribution in [1.82, 2.24) is 4.90 Å². The maximum absolute atomic E-state index is 11.5. The zero-order chi connectivity index (χ0) is 13.0. The maximum atomic E-state index is 11.5. The molecule has 1 aliphatic heterocycles. The number of benzene rings is 1. The van der Waals surface area contributed by atoms with Crippen LogP contribution in [0, 0.1) is 0 Å². The summed E-state index contributed by atoms with van der Waals surface area (Å²) in [5, 5.41) is 3.06. The first kappa shape index (κ1) is 12.4. The normalized spacial score (nSPS) is 15.1. The Balaban J connectivity index is 2.01. The lowest BCUT2D eigenvalue weighted by molar-refractivity contribution is -0.137. The minimum atomic E-state index is -0.124. The van der Waals surface area contributed by atoms with Crippen molar-refractivity contribution in [1.29, 1.82) is 0 Å². The van der Waals surface area contributed by atoms with Crippen molar-refractivity contribution in [3.8, 4) is 5.75 Å². The Kier molecular flexibility index (Phi) is 3.82. The fourth-order valence-corrected chi connectivity index (χ4v) is 1.86. The summed E-state index contributed by atoms with van der Waals surface area (Å²) in [6.07, 6.45) is 0.626. The zero-order valence-electron chi connectivity index (χ0n) is 10.3. The molecule has 0 spiro atoms. The van der Waals surface area contributed by atoms with Crippen LogP contribution >= 0.6 is 0 Å². The van der Waals surface area contributed by atoms with Gasteiger partial charge in [-0.15, -0.1) is 0 Å². The van der Waals surface area contributed by atoms with Crippen molar-refractivity contribution in [3.05, 3.63) is 24.3 Å². The molecule has 1 saturated heterocycles. The zero-order valence-corrected chi connectivity index (χ0v) is 10.3. The Morgan fingerprint density at radius 2 is 1.89 bits per heavy atom. The van der Waals surface area contributed by atoms with Gasteiger partial charge in [-0.05, 0) is 19.1 Å². The number of amides is 2. The minimum Gasteiger partial charge on any atom is -0.492 e. The van der Waals surface area contributed by atoms with E-state index in [1.807, 2.05) is 31.2 Å². The van der Waals surface area contributed by atoms with Gasteiger partial charge < -0.3 is 10.1 Å². The second-order valence-corrected chi connectivity index (χ2v) is 3.98. The van der Waals surface area contributed by atoms with E-state index in [1.54, 1.807) is 0 Å². The lowest BCUT2D eigenvalue weighted by atomic mass is 10.3. The number of hydrogen-bond acceptors (Lipinski definition) is 4. The summed E-state index contributed by atoms with van der Waals surface area (Å²) in [7, 11) is 0. The molecule has 1 fully saturated rings. The van der Waals surface area contributed by atoms with Crippen molar-refractivity contribution in [2.75, 3.05) is 18.6 Å². The number of imide groups is 1. The predicted octanol–water partition coefficient (Wildman–Crippen LogP) is 1.60. The van der Waals surface area contributed by atoms with Crippen LogP contribution in [0.15, 0.2) is 24.3 Å². The first-order valence-electron chi connectivity index (χ1n) is 6.01. The summed E-state index contributed by atoms with van der Waals surface area (Å²) in [6.45, 7) is 2.67. The monoisotopic (exact) mass is 248 g/mol.